The van der Waals surface area contributed by atoms with Crippen molar-refractivity contribution >= 4 is 23.2 Å². The Hall–Kier alpha value is -2.69. The SMILES string of the molecule is O=C1CCCN1c1cccc(CC(=O)N2CCc3ccncc32)c1. The summed E-state index contributed by atoms with van der Waals surface area (Å²) in [6.45, 7) is 1.48. The number of pyridine rings is 1. The largest absolute Gasteiger partial charge is 0.312 e. The second-order valence-electron chi connectivity index (χ2n) is 6.30. The Labute approximate surface area is 140 Å². The maximum Gasteiger partial charge on any atom is 0.231 e. The second kappa shape index (κ2) is 6.07. The van der Waals surface area contributed by atoms with Crippen molar-refractivity contribution in [2.24, 2.45) is 0 Å². The van der Waals surface area contributed by atoms with Gasteiger partial charge in [0.15, 0.2) is 0 Å². The Morgan fingerprint density at radius 1 is 1.17 bits per heavy atom. The minimum absolute atomic E-state index is 0.0756. The second-order valence-corrected chi connectivity index (χ2v) is 6.30. The van der Waals surface area contributed by atoms with Gasteiger partial charge in [-0.25, -0.2) is 0 Å². The summed E-state index contributed by atoms with van der Waals surface area (Å²) in [7, 11) is 0. The summed E-state index contributed by atoms with van der Waals surface area (Å²) >= 11 is 0. The van der Waals surface area contributed by atoms with Crippen LogP contribution < -0.4 is 9.80 Å². The van der Waals surface area contributed by atoms with Gasteiger partial charge in [-0.3, -0.25) is 14.6 Å². The first-order valence-corrected chi connectivity index (χ1v) is 8.35. The van der Waals surface area contributed by atoms with Crippen molar-refractivity contribution < 1.29 is 9.59 Å². The number of benzene rings is 1. The minimum Gasteiger partial charge on any atom is -0.312 e. The summed E-state index contributed by atoms with van der Waals surface area (Å²) in [5.74, 6) is 0.240. The van der Waals surface area contributed by atoms with Gasteiger partial charge >= 0.3 is 0 Å². The lowest BCUT2D eigenvalue weighted by Crippen LogP contribution is -2.30. The highest BCUT2D eigenvalue weighted by Gasteiger charge is 2.25. The van der Waals surface area contributed by atoms with Gasteiger partial charge in [-0.15, -0.1) is 0 Å². The zero-order valence-electron chi connectivity index (χ0n) is 13.4. The maximum absolute atomic E-state index is 12.7. The number of nitrogens with zero attached hydrogens (tertiary/aromatic N) is 3. The van der Waals surface area contributed by atoms with Crippen LogP contribution in [0.3, 0.4) is 0 Å². The van der Waals surface area contributed by atoms with Crippen molar-refractivity contribution in [3.63, 3.8) is 0 Å². The fourth-order valence-electron chi connectivity index (χ4n) is 3.51. The highest BCUT2D eigenvalue weighted by molar-refractivity contribution is 5.97. The number of amides is 2. The third-order valence-electron chi connectivity index (χ3n) is 4.74. The van der Waals surface area contributed by atoms with Gasteiger partial charge in [0.05, 0.1) is 18.3 Å². The van der Waals surface area contributed by atoms with E-state index in [1.165, 1.54) is 5.56 Å². The number of rotatable bonds is 3. The Kier molecular flexibility index (Phi) is 3.76. The Morgan fingerprint density at radius 2 is 2.08 bits per heavy atom. The molecule has 24 heavy (non-hydrogen) atoms. The third-order valence-corrected chi connectivity index (χ3v) is 4.74. The van der Waals surface area contributed by atoms with Crippen LogP contribution in [0.4, 0.5) is 11.4 Å². The van der Waals surface area contributed by atoms with E-state index < -0.39 is 0 Å². The molecule has 0 spiro atoms. The van der Waals surface area contributed by atoms with Gasteiger partial charge in [-0.05, 0) is 42.2 Å². The number of carbonyl (C=O) groups is 2. The van der Waals surface area contributed by atoms with Gasteiger partial charge < -0.3 is 9.80 Å². The van der Waals surface area contributed by atoms with Crippen LogP contribution in [0, 0.1) is 0 Å². The number of aromatic nitrogens is 1. The van der Waals surface area contributed by atoms with Gasteiger partial charge in [0, 0.05) is 31.4 Å². The van der Waals surface area contributed by atoms with E-state index in [1.54, 1.807) is 12.4 Å². The average molecular weight is 321 g/mol. The quantitative estimate of drug-likeness (QED) is 0.872. The minimum atomic E-state index is 0.0756. The smallest absolute Gasteiger partial charge is 0.231 e. The fourth-order valence-corrected chi connectivity index (χ4v) is 3.51. The molecule has 0 atom stereocenters. The van der Waals surface area contributed by atoms with Crippen molar-refractivity contribution in [3.05, 3.63) is 53.9 Å². The predicted octanol–water partition coefficient (Wildman–Crippen LogP) is 2.34. The van der Waals surface area contributed by atoms with Crippen LogP contribution in [0.25, 0.3) is 0 Å². The maximum atomic E-state index is 12.7. The molecule has 5 heteroatoms. The normalized spacial score (nSPS) is 16.6. The molecule has 2 aromatic rings. The molecule has 1 aromatic carbocycles. The van der Waals surface area contributed by atoms with E-state index in [0.717, 1.165) is 36.3 Å². The summed E-state index contributed by atoms with van der Waals surface area (Å²) < 4.78 is 0. The van der Waals surface area contributed by atoms with Crippen LogP contribution >= 0.6 is 0 Å². The van der Waals surface area contributed by atoms with E-state index in [1.807, 2.05) is 40.1 Å². The van der Waals surface area contributed by atoms with Crippen molar-refractivity contribution in [2.45, 2.75) is 25.7 Å². The Bertz CT molecular complexity index is 803. The van der Waals surface area contributed by atoms with E-state index in [4.69, 9.17) is 0 Å². The summed E-state index contributed by atoms with van der Waals surface area (Å²) in [6, 6.07) is 9.74. The molecule has 0 saturated carbocycles. The number of anilines is 2. The van der Waals surface area contributed by atoms with Gasteiger partial charge in [0.25, 0.3) is 0 Å². The van der Waals surface area contributed by atoms with Gasteiger partial charge in [-0.1, -0.05) is 12.1 Å². The Morgan fingerprint density at radius 3 is 2.92 bits per heavy atom. The molecule has 1 aromatic heterocycles. The van der Waals surface area contributed by atoms with Crippen molar-refractivity contribution in [1.82, 2.24) is 4.98 Å². The van der Waals surface area contributed by atoms with Crippen molar-refractivity contribution in [3.8, 4) is 0 Å². The van der Waals surface area contributed by atoms with Crippen molar-refractivity contribution in [1.29, 1.82) is 0 Å². The molecule has 1 fully saturated rings. The molecule has 122 valence electrons. The lowest BCUT2D eigenvalue weighted by Gasteiger charge is -2.19. The molecular formula is C19H19N3O2. The standard InChI is InChI=1S/C19H19N3O2/c23-18-5-2-9-21(18)16-4-1-3-14(11-16)12-19(24)22-10-7-15-6-8-20-13-17(15)22/h1,3-4,6,8,11,13H,2,5,7,9-10,12H2. The molecule has 2 aliphatic rings. The molecule has 4 rings (SSSR count). The molecule has 2 amide bonds. The predicted molar refractivity (Wildman–Crippen MR) is 92.0 cm³/mol. The van der Waals surface area contributed by atoms with Crippen LogP contribution in [-0.4, -0.2) is 29.9 Å². The van der Waals surface area contributed by atoms with E-state index in [0.29, 0.717) is 19.4 Å². The monoisotopic (exact) mass is 321 g/mol. The van der Waals surface area contributed by atoms with E-state index in [2.05, 4.69) is 4.98 Å². The molecule has 2 aliphatic heterocycles. The number of carbonyl (C=O) groups excluding carboxylic acids is 2. The lowest BCUT2D eigenvalue weighted by molar-refractivity contribution is -0.118. The van der Waals surface area contributed by atoms with Gasteiger partial charge in [0.2, 0.25) is 11.8 Å². The zero-order chi connectivity index (χ0) is 16.5. The summed E-state index contributed by atoms with van der Waals surface area (Å²) in [6.07, 6.45) is 6.26. The zero-order valence-corrected chi connectivity index (χ0v) is 13.4. The lowest BCUT2D eigenvalue weighted by atomic mass is 10.1. The Balaban J connectivity index is 1.52. The molecule has 0 radical (unpaired) electrons. The van der Waals surface area contributed by atoms with Gasteiger partial charge in [0.1, 0.15) is 0 Å². The highest BCUT2D eigenvalue weighted by Crippen LogP contribution is 2.28. The first-order chi connectivity index (χ1) is 11.7. The fraction of sp³-hybridized carbons (Fsp3) is 0.316. The molecule has 0 N–H and O–H groups in total. The number of hydrogen-bond acceptors (Lipinski definition) is 3. The first kappa shape index (κ1) is 14.9. The molecule has 1 saturated heterocycles. The number of hydrogen-bond donors (Lipinski definition) is 0. The van der Waals surface area contributed by atoms with Crippen LogP contribution in [-0.2, 0) is 22.4 Å². The van der Waals surface area contributed by atoms with Crippen LogP contribution in [0.5, 0.6) is 0 Å². The topological polar surface area (TPSA) is 53.5 Å². The first-order valence-electron chi connectivity index (χ1n) is 8.35. The van der Waals surface area contributed by atoms with Crippen molar-refractivity contribution in [2.75, 3.05) is 22.9 Å². The van der Waals surface area contributed by atoms with Gasteiger partial charge in [-0.2, -0.15) is 0 Å². The number of fused-ring (bicyclic) bond motifs is 1. The van der Waals surface area contributed by atoms with Crippen LogP contribution in [0.1, 0.15) is 24.0 Å². The molecule has 3 heterocycles. The summed E-state index contributed by atoms with van der Waals surface area (Å²) in [5.41, 5.74) is 3.93. The summed E-state index contributed by atoms with van der Waals surface area (Å²) in [4.78, 5) is 32.3. The van der Waals surface area contributed by atoms with Crippen LogP contribution in [0.2, 0.25) is 0 Å². The van der Waals surface area contributed by atoms with E-state index >= 15 is 0 Å². The van der Waals surface area contributed by atoms with E-state index in [-0.39, 0.29) is 11.8 Å². The van der Waals surface area contributed by atoms with Crippen LogP contribution in [0.15, 0.2) is 42.7 Å². The molecule has 0 bridgehead atoms. The molecular weight excluding hydrogens is 302 g/mol. The molecule has 0 unspecified atom stereocenters. The molecule has 0 aliphatic carbocycles. The highest BCUT2D eigenvalue weighted by atomic mass is 16.2. The summed E-state index contributed by atoms with van der Waals surface area (Å²) in [5, 5.41) is 0. The average Bonchev–Trinajstić information content (AvgIpc) is 3.21. The van der Waals surface area contributed by atoms with E-state index in [9.17, 15) is 9.59 Å². The third kappa shape index (κ3) is 2.66. The molecule has 5 nitrogen and oxygen atoms in total.